The van der Waals surface area contributed by atoms with E-state index in [4.69, 9.17) is 5.73 Å². The van der Waals surface area contributed by atoms with Crippen molar-refractivity contribution in [3.05, 3.63) is 35.9 Å². The lowest BCUT2D eigenvalue weighted by Crippen LogP contribution is -2.37. The van der Waals surface area contributed by atoms with Crippen LogP contribution < -0.4 is 11.1 Å². The summed E-state index contributed by atoms with van der Waals surface area (Å²) in [5.41, 5.74) is 6.14. The van der Waals surface area contributed by atoms with Crippen LogP contribution in [0.15, 0.2) is 35.9 Å². The van der Waals surface area contributed by atoms with Gasteiger partial charge in [0, 0.05) is 18.7 Å². The minimum atomic E-state index is -4.27. The molecule has 1 aromatic rings. The van der Waals surface area contributed by atoms with E-state index in [1.54, 1.807) is 29.2 Å². The molecule has 0 saturated carbocycles. The summed E-state index contributed by atoms with van der Waals surface area (Å²) in [7, 11) is 0. The summed E-state index contributed by atoms with van der Waals surface area (Å²) in [4.78, 5) is 13.5. The zero-order valence-corrected chi connectivity index (χ0v) is 11.3. The summed E-state index contributed by atoms with van der Waals surface area (Å²) in [6.07, 6.45) is -3.23. The second-order valence-electron chi connectivity index (χ2n) is 4.85. The Balaban J connectivity index is 1.88. The predicted octanol–water partition coefficient (Wildman–Crippen LogP) is 2.40. The number of nitrogens with one attached hydrogen (secondary N) is 1. The van der Waals surface area contributed by atoms with Gasteiger partial charge in [-0.2, -0.15) is 13.2 Å². The summed E-state index contributed by atoms with van der Waals surface area (Å²) in [6, 6.07) is 6.82. The second kappa shape index (κ2) is 6.17. The second-order valence-corrected chi connectivity index (χ2v) is 4.85. The largest absolute Gasteiger partial charge is 0.412 e. The third kappa shape index (κ3) is 4.22. The van der Waals surface area contributed by atoms with Crippen LogP contribution in [-0.4, -0.2) is 36.6 Å². The Labute approximate surface area is 120 Å². The fraction of sp³-hybridized carbons (Fsp3) is 0.357. The molecule has 1 aliphatic heterocycles. The molecule has 7 heteroatoms. The maximum atomic E-state index is 12.5. The van der Waals surface area contributed by atoms with Crippen molar-refractivity contribution >= 4 is 17.3 Å². The molecule has 1 amide bonds. The summed E-state index contributed by atoms with van der Waals surface area (Å²) >= 11 is 0. The Morgan fingerprint density at radius 2 is 2.05 bits per heavy atom. The van der Waals surface area contributed by atoms with E-state index in [0.717, 1.165) is 6.08 Å². The average Bonchev–Trinajstić information content (AvgIpc) is 2.41. The number of carbonyl (C=O) groups excluding carboxylic acids is 1. The lowest BCUT2D eigenvalue weighted by molar-refractivity contribution is -0.117. The predicted molar refractivity (Wildman–Crippen MR) is 74.7 cm³/mol. The Hall–Kier alpha value is -2.02. The molecule has 1 heterocycles. The summed E-state index contributed by atoms with van der Waals surface area (Å²) < 4.78 is 37.4. The number of benzene rings is 1. The number of nitrogens with two attached hydrogens (primary N) is 1. The molecule has 21 heavy (non-hydrogen) atoms. The minimum absolute atomic E-state index is 0.0377. The maximum Gasteiger partial charge on any atom is 0.412 e. The van der Waals surface area contributed by atoms with Gasteiger partial charge in [0.1, 0.15) is 0 Å². The first-order valence-electron chi connectivity index (χ1n) is 6.49. The summed E-state index contributed by atoms with van der Waals surface area (Å²) in [6.45, 7) is 0.367. The van der Waals surface area contributed by atoms with Gasteiger partial charge < -0.3 is 11.1 Å². The number of nitrogen functional groups attached to an aromatic ring is 1. The van der Waals surface area contributed by atoms with Crippen LogP contribution in [-0.2, 0) is 4.79 Å². The molecule has 0 aromatic heterocycles. The van der Waals surface area contributed by atoms with Gasteiger partial charge in [0.2, 0.25) is 5.91 Å². The molecule has 0 bridgehead atoms. The number of hydrogen-bond donors (Lipinski definition) is 2. The van der Waals surface area contributed by atoms with Gasteiger partial charge >= 0.3 is 6.18 Å². The average molecular weight is 299 g/mol. The van der Waals surface area contributed by atoms with E-state index in [1.165, 1.54) is 0 Å². The quantitative estimate of drug-likeness (QED) is 0.665. The van der Waals surface area contributed by atoms with E-state index in [0.29, 0.717) is 11.4 Å². The highest BCUT2D eigenvalue weighted by Crippen LogP contribution is 2.30. The van der Waals surface area contributed by atoms with Gasteiger partial charge in [-0.1, -0.05) is 18.2 Å². The zero-order chi connectivity index (χ0) is 15.5. The van der Waals surface area contributed by atoms with Crippen molar-refractivity contribution in [2.75, 3.05) is 30.7 Å². The van der Waals surface area contributed by atoms with E-state index >= 15 is 0 Å². The van der Waals surface area contributed by atoms with Crippen LogP contribution in [0.3, 0.4) is 0 Å². The highest BCUT2D eigenvalue weighted by atomic mass is 19.4. The number of amides is 1. The van der Waals surface area contributed by atoms with Crippen molar-refractivity contribution < 1.29 is 18.0 Å². The van der Waals surface area contributed by atoms with Crippen LogP contribution in [0.4, 0.5) is 24.5 Å². The molecule has 0 fully saturated rings. The third-order valence-electron chi connectivity index (χ3n) is 3.26. The maximum absolute atomic E-state index is 12.5. The zero-order valence-electron chi connectivity index (χ0n) is 11.3. The van der Waals surface area contributed by atoms with Gasteiger partial charge in [-0.3, -0.25) is 9.69 Å². The van der Waals surface area contributed by atoms with Crippen LogP contribution >= 0.6 is 0 Å². The van der Waals surface area contributed by atoms with Gasteiger partial charge in [-0.25, -0.2) is 0 Å². The van der Waals surface area contributed by atoms with Crippen LogP contribution in [0.1, 0.15) is 6.42 Å². The smallest absolute Gasteiger partial charge is 0.397 e. The monoisotopic (exact) mass is 299 g/mol. The highest BCUT2D eigenvalue weighted by Gasteiger charge is 2.34. The SMILES string of the molecule is Nc1ccccc1NC(=O)CN1CC=C(C(F)(F)F)CC1. The van der Waals surface area contributed by atoms with E-state index < -0.39 is 11.7 Å². The fourth-order valence-corrected chi connectivity index (χ4v) is 2.12. The van der Waals surface area contributed by atoms with Gasteiger partial charge in [0.25, 0.3) is 0 Å². The van der Waals surface area contributed by atoms with Gasteiger partial charge in [-0.05, 0) is 18.6 Å². The van der Waals surface area contributed by atoms with Crippen molar-refractivity contribution in [2.24, 2.45) is 0 Å². The standard InChI is InChI=1S/C14H16F3N3O/c15-14(16,17)10-5-7-20(8-6-10)9-13(21)19-12-4-2-1-3-11(12)18/h1-5H,6-9,18H2,(H,19,21). The molecule has 1 aliphatic rings. The first-order valence-corrected chi connectivity index (χ1v) is 6.49. The number of rotatable bonds is 3. The number of carbonyl (C=O) groups is 1. The Morgan fingerprint density at radius 3 is 2.62 bits per heavy atom. The first kappa shape index (κ1) is 15.4. The van der Waals surface area contributed by atoms with Crippen LogP contribution in [0.5, 0.6) is 0 Å². The number of hydrogen-bond acceptors (Lipinski definition) is 3. The van der Waals surface area contributed by atoms with Crippen LogP contribution in [0.25, 0.3) is 0 Å². The normalized spacial score (nSPS) is 16.4. The van der Waals surface area contributed by atoms with E-state index in [-0.39, 0.29) is 32.0 Å². The van der Waals surface area contributed by atoms with E-state index in [9.17, 15) is 18.0 Å². The van der Waals surface area contributed by atoms with Crippen molar-refractivity contribution in [1.82, 2.24) is 4.90 Å². The molecule has 0 unspecified atom stereocenters. The summed E-state index contributed by atoms with van der Waals surface area (Å²) in [5, 5.41) is 2.65. The number of anilines is 2. The molecule has 2 rings (SSSR count). The number of halogens is 3. The topological polar surface area (TPSA) is 58.4 Å². The molecule has 3 N–H and O–H groups in total. The molecule has 0 radical (unpaired) electrons. The molecule has 0 aliphatic carbocycles. The lowest BCUT2D eigenvalue weighted by Gasteiger charge is -2.26. The fourth-order valence-electron chi connectivity index (χ4n) is 2.12. The molecule has 0 saturated heterocycles. The number of para-hydroxylation sites is 2. The summed E-state index contributed by atoms with van der Waals surface area (Å²) in [5.74, 6) is -0.295. The molecule has 0 spiro atoms. The van der Waals surface area contributed by atoms with Crippen molar-refractivity contribution in [3.63, 3.8) is 0 Å². The van der Waals surface area contributed by atoms with Gasteiger partial charge in [0.15, 0.2) is 0 Å². The van der Waals surface area contributed by atoms with E-state index in [2.05, 4.69) is 5.32 Å². The Morgan fingerprint density at radius 1 is 1.33 bits per heavy atom. The Bertz CT molecular complexity index is 555. The molecule has 0 atom stereocenters. The van der Waals surface area contributed by atoms with Crippen molar-refractivity contribution in [1.29, 1.82) is 0 Å². The molecule has 114 valence electrons. The van der Waals surface area contributed by atoms with Crippen LogP contribution in [0, 0.1) is 0 Å². The number of nitrogens with zero attached hydrogens (tertiary/aromatic N) is 1. The van der Waals surface area contributed by atoms with Gasteiger partial charge in [-0.15, -0.1) is 0 Å². The molecular formula is C14H16F3N3O. The molecule has 1 aromatic carbocycles. The first-order chi connectivity index (χ1) is 9.86. The lowest BCUT2D eigenvalue weighted by atomic mass is 10.1. The third-order valence-corrected chi connectivity index (χ3v) is 3.26. The minimum Gasteiger partial charge on any atom is -0.397 e. The van der Waals surface area contributed by atoms with Gasteiger partial charge in [0.05, 0.1) is 17.9 Å². The molecular weight excluding hydrogens is 283 g/mol. The van der Waals surface area contributed by atoms with E-state index in [1.807, 2.05) is 0 Å². The molecule has 4 nitrogen and oxygen atoms in total. The Kier molecular flexibility index (Phi) is 4.52. The number of alkyl halides is 3. The highest BCUT2D eigenvalue weighted by molar-refractivity contribution is 5.95. The van der Waals surface area contributed by atoms with Crippen molar-refractivity contribution in [2.45, 2.75) is 12.6 Å². The van der Waals surface area contributed by atoms with Crippen molar-refractivity contribution in [3.8, 4) is 0 Å². The van der Waals surface area contributed by atoms with Crippen LogP contribution in [0.2, 0.25) is 0 Å².